The molecular weight excluding hydrogens is 269 g/mol. The number of nitrogen functional groups attached to an aromatic ring is 2. The normalized spacial score (nSPS) is 7.00. The summed E-state index contributed by atoms with van der Waals surface area (Å²) >= 11 is 0.431. The molecular formula is C7H7FeN5Ni. The molecule has 0 aromatic carbocycles. The van der Waals surface area contributed by atoms with E-state index in [1.807, 2.05) is 0 Å². The number of nitrogens with two attached hydrogens (primary N) is 2. The van der Waals surface area contributed by atoms with Crippen LogP contribution < -0.4 is 11.5 Å². The second kappa shape index (κ2) is 9.83. The van der Waals surface area contributed by atoms with Crippen molar-refractivity contribution in [1.29, 1.82) is 10.5 Å². The number of anilines is 2. The largest absolute Gasteiger partial charge is 0.396 e. The van der Waals surface area contributed by atoms with Crippen LogP contribution in [0.5, 0.6) is 0 Å². The van der Waals surface area contributed by atoms with Crippen LogP contribution in [0.1, 0.15) is 0 Å². The fraction of sp³-hybridized carbons (Fsp3) is 0. The van der Waals surface area contributed by atoms with Gasteiger partial charge in [0.2, 0.25) is 0 Å². The molecule has 1 heterocycles. The van der Waals surface area contributed by atoms with Gasteiger partial charge in [-0.15, -0.1) is 0 Å². The topological polar surface area (TPSA) is 113 Å². The van der Waals surface area contributed by atoms with Crippen LogP contribution in [0, 0.1) is 20.6 Å². The zero-order chi connectivity index (χ0) is 10.1. The molecule has 7 heteroatoms. The Morgan fingerprint density at radius 3 is 2.07 bits per heavy atom. The Morgan fingerprint density at radius 1 is 1.29 bits per heavy atom. The van der Waals surface area contributed by atoms with Gasteiger partial charge >= 0.3 is 35.0 Å². The van der Waals surface area contributed by atoms with Crippen molar-refractivity contribution in [3.63, 3.8) is 0 Å². The van der Waals surface area contributed by atoms with Crippen molar-refractivity contribution in [3.8, 4) is 10.1 Å². The molecule has 0 saturated carbocycles. The quantitative estimate of drug-likeness (QED) is 0.660. The first-order chi connectivity index (χ1) is 6.22. The minimum absolute atomic E-state index is 0. The van der Waals surface area contributed by atoms with Gasteiger partial charge in [-0.05, 0) is 12.1 Å². The number of pyridine rings is 1. The van der Waals surface area contributed by atoms with Crippen LogP contribution >= 0.6 is 0 Å². The number of rotatable bonds is 0. The summed E-state index contributed by atoms with van der Waals surface area (Å²) in [5.74, 6) is 0.396. The van der Waals surface area contributed by atoms with E-state index >= 15 is 0 Å². The van der Waals surface area contributed by atoms with E-state index in [-0.39, 0.29) is 17.1 Å². The summed E-state index contributed by atoms with van der Waals surface area (Å²) in [6.07, 6.45) is 1.60. The molecule has 0 aliphatic heterocycles. The number of nitrogens with zero attached hydrogens (tertiary/aromatic N) is 3. The van der Waals surface area contributed by atoms with Gasteiger partial charge in [-0.1, -0.05) is 0 Å². The second-order valence-electron chi connectivity index (χ2n) is 1.70. The minimum Gasteiger partial charge on any atom is -0.396 e. The number of hydrogen-bond donors (Lipinski definition) is 2. The van der Waals surface area contributed by atoms with E-state index in [1.54, 1.807) is 28.4 Å². The molecule has 1 aromatic rings. The summed E-state index contributed by atoms with van der Waals surface area (Å²) in [4.78, 5) is 3.73. The maximum Gasteiger partial charge on any atom is 0.146 e. The summed E-state index contributed by atoms with van der Waals surface area (Å²) in [5.41, 5.74) is 11.2. The molecule has 0 bridgehead atoms. The Hall–Kier alpha value is -1.26. The Balaban J connectivity index is 0. The van der Waals surface area contributed by atoms with Crippen molar-refractivity contribution in [2.24, 2.45) is 0 Å². The fourth-order valence-electron chi connectivity index (χ4n) is 0.446. The summed E-state index contributed by atoms with van der Waals surface area (Å²) in [6, 6.07) is 3.45. The van der Waals surface area contributed by atoms with E-state index in [0.29, 0.717) is 25.9 Å². The molecule has 1 aromatic heterocycles. The summed E-state index contributed by atoms with van der Waals surface area (Å²) in [6.45, 7) is 0. The minimum atomic E-state index is 0. The zero-order valence-corrected chi connectivity index (χ0v) is 8.99. The fourth-order valence-corrected chi connectivity index (χ4v) is 0.495. The third-order valence-corrected chi connectivity index (χ3v) is 1.16. The van der Waals surface area contributed by atoms with E-state index in [0.717, 1.165) is 0 Å². The second-order valence-corrected chi connectivity index (χ2v) is 2.39. The molecule has 0 aliphatic rings. The maximum atomic E-state index is 7.57. The van der Waals surface area contributed by atoms with Crippen LogP contribution in [0.3, 0.4) is 0 Å². The molecule has 78 valence electrons. The molecule has 4 N–H and O–H groups in total. The predicted octanol–water partition coefficient (Wildman–Crippen LogP) is 0.275. The third-order valence-electron chi connectivity index (χ3n) is 0.942. The molecule has 0 aliphatic carbocycles. The smallest absolute Gasteiger partial charge is 0.146 e. The Morgan fingerprint density at radius 2 is 1.86 bits per heavy atom. The average molecular weight is 276 g/mol. The van der Waals surface area contributed by atoms with Gasteiger partial charge in [0.05, 0.1) is 5.69 Å². The first-order valence-electron chi connectivity index (χ1n) is 3.03. The van der Waals surface area contributed by atoms with Crippen molar-refractivity contribution < 1.29 is 31.5 Å². The van der Waals surface area contributed by atoms with E-state index in [1.165, 1.54) is 0 Å². The van der Waals surface area contributed by atoms with Crippen LogP contribution in [0.2, 0.25) is 0 Å². The summed E-state index contributed by atoms with van der Waals surface area (Å²) in [7, 11) is 0. The van der Waals surface area contributed by atoms with E-state index in [2.05, 4.69) is 4.98 Å². The summed E-state index contributed by atoms with van der Waals surface area (Å²) in [5, 5.41) is 18.3. The molecule has 14 heavy (non-hydrogen) atoms. The van der Waals surface area contributed by atoms with Gasteiger partial charge in [-0.25, -0.2) is 4.98 Å². The molecule has 0 fully saturated rings. The summed E-state index contributed by atoms with van der Waals surface area (Å²) < 4.78 is 0. The van der Waals surface area contributed by atoms with Gasteiger partial charge in [0.15, 0.2) is 0 Å². The zero-order valence-electron chi connectivity index (χ0n) is 6.90. The van der Waals surface area contributed by atoms with E-state index in [4.69, 9.17) is 22.0 Å². The van der Waals surface area contributed by atoms with Gasteiger partial charge < -0.3 is 11.5 Å². The van der Waals surface area contributed by atoms with Gasteiger partial charge in [0.25, 0.3) is 0 Å². The van der Waals surface area contributed by atoms with Crippen molar-refractivity contribution in [3.05, 3.63) is 18.3 Å². The predicted molar refractivity (Wildman–Crippen MR) is 44.3 cm³/mol. The Kier molecular flexibility index (Phi) is 10.7. The van der Waals surface area contributed by atoms with Gasteiger partial charge in [0, 0.05) is 23.3 Å². The molecule has 0 radical (unpaired) electrons. The van der Waals surface area contributed by atoms with Gasteiger partial charge in [0.1, 0.15) is 5.82 Å². The van der Waals surface area contributed by atoms with Crippen molar-refractivity contribution in [1.82, 2.24) is 4.98 Å². The Labute approximate surface area is 98.4 Å². The van der Waals surface area contributed by atoms with Crippen molar-refractivity contribution in [2.45, 2.75) is 0 Å². The van der Waals surface area contributed by atoms with Crippen LogP contribution in [0.15, 0.2) is 18.3 Å². The van der Waals surface area contributed by atoms with Crippen LogP contribution in [0.25, 0.3) is 0 Å². The first-order valence-corrected chi connectivity index (χ1v) is 4.02. The van der Waals surface area contributed by atoms with Crippen LogP contribution in [0.4, 0.5) is 11.5 Å². The van der Waals surface area contributed by atoms with Gasteiger partial charge in [-0.2, -0.15) is 0 Å². The average Bonchev–Trinajstić information content (AvgIpc) is 2.13. The van der Waals surface area contributed by atoms with Crippen molar-refractivity contribution >= 4 is 11.5 Å². The molecule has 0 saturated heterocycles. The first kappa shape index (κ1) is 15.2. The number of nitriles is 2. The SMILES string of the molecule is N#[C][Ni][C]#N.Nc1cccnc1N.[Fe]. The molecule has 0 unspecified atom stereocenters. The maximum absolute atomic E-state index is 7.57. The monoisotopic (exact) mass is 275 g/mol. The molecule has 0 spiro atoms. The van der Waals surface area contributed by atoms with Crippen LogP contribution in [-0.2, 0) is 31.5 Å². The third kappa shape index (κ3) is 7.40. The van der Waals surface area contributed by atoms with Gasteiger partial charge in [-0.3, -0.25) is 0 Å². The number of aromatic nitrogens is 1. The molecule has 5 nitrogen and oxygen atoms in total. The van der Waals surface area contributed by atoms with E-state index < -0.39 is 0 Å². The molecule has 1 rings (SSSR count). The standard InChI is InChI=1S/C5H7N3.2CN.Fe.Ni/c6-4-2-1-3-8-5(4)7;2*1-2;;/h1-3H,6H2,(H2,7,8);;;;. The molecule has 0 atom stereocenters. The van der Waals surface area contributed by atoms with Crippen LogP contribution in [-0.4, -0.2) is 4.98 Å². The molecule has 0 amide bonds. The number of hydrogen-bond acceptors (Lipinski definition) is 5. The Bertz CT molecular complexity index is 310. The van der Waals surface area contributed by atoms with E-state index in [9.17, 15) is 0 Å². The van der Waals surface area contributed by atoms with Crippen molar-refractivity contribution in [2.75, 3.05) is 11.5 Å².